The van der Waals surface area contributed by atoms with Crippen LogP contribution in [0.4, 0.5) is 0 Å². The van der Waals surface area contributed by atoms with Crippen LogP contribution in [-0.4, -0.2) is 33.0 Å². The number of H-pyrrole nitrogens is 1. The molecular weight excluding hydrogens is 172 g/mol. The molecular formula is C7H6N4O2. The zero-order chi connectivity index (χ0) is 9.26. The van der Waals surface area contributed by atoms with Crippen LogP contribution in [0.5, 0.6) is 0 Å². The average Bonchev–Trinajstić information content (AvgIpc) is 2.63. The van der Waals surface area contributed by atoms with Crippen molar-refractivity contribution in [3.05, 3.63) is 18.2 Å². The number of aromatic amines is 1. The molecule has 2 rings (SSSR count). The second kappa shape index (κ2) is 2.81. The molecule has 0 aromatic carbocycles. The molecule has 2 aromatic rings. The van der Waals surface area contributed by atoms with Crippen LogP contribution < -0.4 is 0 Å². The van der Waals surface area contributed by atoms with Gasteiger partial charge >= 0.3 is 5.97 Å². The van der Waals surface area contributed by atoms with Crippen LogP contribution in [0.1, 0.15) is 10.5 Å². The first-order chi connectivity index (χ1) is 6.31. The highest BCUT2D eigenvalue weighted by atomic mass is 16.5. The summed E-state index contributed by atoms with van der Waals surface area (Å²) in [5.41, 5.74) is 1.12. The highest BCUT2D eigenvalue weighted by Crippen LogP contribution is 2.03. The molecule has 0 aliphatic heterocycles. The molecule has 6 heteroatoms. The fourth-order valence-corrected chi connectivity index (χ4v) is 0.932. The van der Waals surface area contributed by atoms with Gasteiger partial charge in [0.15, 0.2) is 17.0 Å². The molecule has 2 heterocycles. The molecule has 0 amide bonds. The SMILES string of the molecule is COC(=O)c1cnc2nc[nH]c2n1. The van der Waals surface area contributed by atoms with Gasteiger partial charge in [-0.15, -0.1) is 0 Å². The number of carbonyl (C=O) groups is 1. The number of esters is 1. The molecule has 0 atom stereocenters. The summed E-state index contributed by atoms with van der Waals surface area (Å²) in [6.07, 6.45) is 2.79. The Morgan fingerprint density at radius 2 is 2.38 bits per heavy atom. The predicted octanol–water partition coefficient (Wildman–Crippen LogP) is 0.139. The van der Waals surface area contributed by atoms with Crippen LogP contribution in [0.25, 0.3) is 11.3 Å². The van der Waals surface area contributed by atoms with Gasteiger partial charge in [-0.1, -0.05) is 0 Å². The van der Waals surface area contributed by atoms with Crippen molar-refractivity contribution in [2.24, 2.45) is 0 Å². The van der Waals surface area contributed by atoms with E-state index in [-0.39, 0.29) is 5.69 Å². The van der Waals surface area contributed by atoms with Crippen molar-refractivity contribution in [3.8, 4) is 0 Å². The molecule has 0 saturated carbocycles. The first-order valence-electron chi connectivity index (χ1n) is 3.55. The number of carbonyl (C=O) groups excluding carboxylic acids is 1. The number of nitrogens with one attached hydrogen (secondary N) is 1. The van der Waals surface area contributed by atoms with E-state index in [1.165, 1.54) is 19.6 Å². The monoisotopic (exact) mass is 178 g/mol. The van der Waals surface area contributed by atoms with Crippen LogP contribution in [0.3, 0.4) is 0 Å². The van der Waals surface area contributed by atoms with Crippen molar-refractivity contribution in [2.45, 2.75) is 0 Å². The highest BCUT2D eigenvalue weighted by Gasteiger charge is 2.09. The molecule has 13 heavy (non-hydrogen) atoms. The fourth-order valence-electron chi connectivity index (χ4n) is 0.932. The van der Waals surface area contributed by atoms with E-state index in [9.17, 15) is 4.79 Å². The Morgan fingerprint density at radius 1 is 1.54 bits per heavy atom. The van der Waals surface area contributed by atoms with Crippen LogP contribution in [-0.2, 0) is 4.74 Å². The standard InChI is InChI=1S/C7H6N4O2/c1-13-7(12)4-2-8-5-6(11-4)10-3-9-5/h2-3H,1H3,(H,8,9,10,11). The number of hydrogen-bond donors (Lipinski definition) is 1. The van der Waals surface area contributed by atoms with Crippen molar-refractivity contribution >= 4 is 17.3 Å². The molecule has 66 valence electrons. The van der Waals surface area contributed by atoms with Crippen molar-refractivity contribution in [3.63, 3.8) is 0 Å². The molecule has 1 N–H and O–H groups in total. The Morgan fingerprint density at radius 3 is 3.15 bits per heavy atom. The zero-order valence-electron chi connectivity index (χ0n) is 6.81. The minimum absolute atomic E-state index is 0.166. The summed E-state index contributed by atoms with van der Waals surface area (Å²) in [7, 11) is 1.29. The van der Waals surface area contributed by atoms with Gasteiger partial charge in [-0.05, 0) is 0 Å². The number of hydrogen-bond acceptors (Lipinski definition) is 5. The summed E-state index contributed by atoms with van der Waals surface area (Å²) in [5, 5.41) is 0. The summed E-state index contributed by atoms with van der Waals surface area (Å²) < 4.78 is 4.49. The number of ether oxygens (including phenoxy) is 1. The number of nitrogens with zero attached hydrogens (tertiary/aromatic N) is 3. The number of rotatable bonds is 1. The molecule has 0 unspecified atom stereocenters. The first kappa shape index (κ1) is 7.66. The van der Waals surface area contributed by atoms with Gasteiger partial charge in [0.2, 0.25) is 0 Å². The van der Waals surface area contributed by atoms with Crippen LogP contribution >= 0.6 is 0 Å². The molecule has 0 radical (unpaired) electrons. The van der Waals surface area contributed by atoms with Crippen molar-refractivity contribution in [2.75, 3.05) is 7.11 Å². The van der Waals surface area contributed by atoms with Gasteiger partial charge in [0.25, 0.3) is 0 Å². The van der Waals surface area contributed by atoms with Gasteiger partial charge in [-0.2, -0.15) is 0 Å². The summed E-state index contributed by atoms with van der Waals surface area (Å²) in [4.78, 5) is 25.5. The van der Waals surface area contributed by atoms with Gasteiger partial charge in [0.05, 0.1) is 19.6 Å². The van der Waals surface area contributed by atoms with E-state index < -0.39 is 5.97 Å². The molecule has 0 aliphatic carbocycles. The molecule has 0 aliphatic rings. The number of imidazole rings is 1. The third kappa shape index (κ3) is 1.22. The average molecular weight is 178 g/mol. The quantitative estimate of drug-likeness (QED) is 0.628. The highest BCUT2D eigenvalue weighted by molar-refractivity contribution is 5.88. The normalized spacial score (nSPS) is 10.2. The summed E-state index contributed by atoms with van der Waals surface area (Å²) in [6.45, 7) is 0. The lowest BCUT2D eigenvalue weighted by atomic mass is 10.4. The van der Waals surface area contributed by atoms with Crippen molar-refractivity contribution in [1.82, 2.24) is 19.9 Å². The van der Waals surface area contributed by atoms with Gasteiger partial charge in [-0.25, -0.2) is 19.7 Å². The van der Waals surface area contributed by atoms with Crippen molar-refractivity contribution < 1.29 is 9.53 Å². The van der Waals surface area contributed by atoms with E-state index in [2.05, 4.69) is 24.7 Å². The molecule has 0 bridgehead atoms. The lowest BCUT2D eigenvalue weighted by molar-refractivity contribution is 0.0594. The topological polar surface area (TPSA) is 80.8 Å². The Kier molecular flexibility index (Phi) is 1.66. The molecule has 0 saturated heterocycles. The van der Waals surface area contributed by atoms with E-state index in [4.69, 9.17) is 0 Å². The zero-order valence-corrected chi connectivity index (χ0v) is 6.81. The number of methoxy groups -OCH3 is 1. The van der Waals surface area contributed by atoms with Crippen LogP contribution in [0.15, 0.2) is 12.5 Å². The van der Waals surface area contributed by atoms with Crippen molar-refractivity contribution in [1.29, 1.82) is 0 Å². The summed E-state index contributed by atoms with van der Waals surface area (Å²) >= 11 is 0. The maximum Gasteiger partial charge on any atom is 0.358 e. The molecule has 0 spiro atoms. The van der Waals surface area contributed by atoms with Gasteiger partial charge < -0.3 is 9.72 Å². The Balaban J connectivity index is 2.54. The third-order valence-electron chi connectivity index (χ3n) is 1.54. The Hall–Kier alpha value is -1.98. The largest absolute Gasteiger partial charge is 0.464 e. The maximum absolute atomic E-state index is 11.0. The van der Waals surface area contributed by atoms with E-state index in [0.717, 1.165) is 0 Å². The Bertz CT molecular complexity index is 450. The lowest BCUT2D eigenvalue weighted by Gasteiger charge is -1.95. The Labute approximate surface area is 73.0 Å². The third-order valence-corrected chi connectivity index (χ3v) is 1.54. The smallest absolute Gasteiger partial charge is 0.358 e. The number of fused-ring (bicyclic) bond motifs is 1. The lowest BCUT2D eigenvalue weighted by Crippen LogP contribution is -2.04. The van der Waals surface area contributed by atoms with E-state index in [1.54, 1.807) is 0 Å². The summed E-state index contributed by atoms with van der Waals surface area (Å²) in [5.74, 6) is -0.510. The van der Waals surface area contributed by atoms with Gasteiger partial charge in [-0.3, -0.25) is 0 Å². The van der Waals surface area contributed by atoms with Gasteiger partial charge in [0.1, 0.15) is 0 Å². The molecule has 2 aromatic heterocycles. The first-order valence-corrected chi connectivity index (χ1v) is 3.55. The molecule has 0 fully saturated rings. The molecule has 6 nitrogen and oxygen atoms in total. The fraction of sp³-hybridized carbons (Fsp3) is 0.143. The van der Waals surface area contributed by atoms with Gasteiger partial charge in [0, 0.05) is 0 Å². The predicted molar refractivity (Wildman–Crippen MR) is 43.0 cm³/mol. The van der Waals surface area contributed by atoms with E-state index in [1.807, 2.05) is 0 Å². The summed E-state index contributed by atoms with van der Waals surface area (Å²) in [6, 6.07) is 0. The van der Waals surface area contributed by atoms with Crippen LogP contribution in [0, 0.1) is 0 Å². The second-order valence-corrected chi connectivity index (χ2v) is 2.32. The van der Waals surface area contributed by atoms with Crippen LogP contribution in [0.2, 0.25) is 0 Å². The second-order valence-electron chi connectivity index (χ2n) is 2.32. The van der Waals surface area contributed by atoms with E-state index in [0.29, 0.717) is 11.3 Å². The minimum Gasteiger partial charge on any atom is -0.464 e. The minimum atomic E-state index is -0.510. The number of aromatic nitrogens is 4. The maximum atomic E-state index is 11.0. The van der Waals surface area contributed by atoms with E-state index >= 15 is 0 Å².